The summed E-state index contributed by atoms with van der Waals surface area (Å²) in [6.07, 6.45) is 21.3. The fourth-order valence-electron chi connectivity index (χ4n) is 22.1. The minimum atomic E-state index is -0.788. The van der Waals surface area contributed by atoms with Gasteiger partial charge in [-0.05, 0) is 209 Å². The summed E-state index contributed by atoms with van der Waals surface area (Å²) in [4.78, 5) is 43.6. The number of methoxy groups -OCH3 is 2. The van der Waals surface area contributed by atoms with Crippen molar-refractivity contribution in [1.82, 2.24) is 0 Å². The lowest BCUT2D eigenvalue weighted by Crippen LogP contribution is -2.66. The van der Waals surface area contributed by atoms with Crippen LogP contribution in [0.15, 0.2) is 23.3 Å². The fraction of sp³-hybridized carbons (Fsp3) is 0.887. The number of carbonyl (C=O) groups is 3. The summed E-state index contributed by atoms with van der Waals surface area (Å²) < 4.78 is 18.2. The van der Waals surface area contributed by atoms with Gasteiger partial charge in [-0.25, -0.2) is 0 Å². The molecule has 0 aliphatic heterocycles. The Morgan fingerprint density at radius 3 is 1.52 bits per heavy atom. The molecule has 0 saturated heterocycles. The molecule has 0 spiro atoms. The lowest BCUT2D eigenvalue weighted by molar-refractivity contribution is -0.217. The lowest BCUT2D eigenvalue weighted by Gasteiger charge is -2.71. The molecule has 3 N–H and O–H groups in total. The van der Waals surface area contributed by atoms with Crippen LogP contribution >= 0.6 is 0 Å². The first-order valence-electron chi connectivity index (χ1n) is 28.8. The fourth-order valence-corrected chi connectivity index (χ4v) is 22.1. The molecule has 0 unspecified atom stereocenters. The summed E-state index contributed by atoms with van der Waals surface area (Å²) in [5.41, 5.74) is -0.450. The van der Waals surface area contributed by atoms with Crippen molar-refractivity contribution in [2.45, 2.75) is 217 Å². The lowest BCUT2D eigenvalue weighted by atomic mass is 9.33. The molecule has 8 fully saturated rings. The number of aliphatic hydroxyl groups excluding tert-OH is 3. The van der Waals surface area contributed by atoms with Crippen molar-refractivity contribution in [2.24, 2.45) is 100 Å². The second-order valence-corrected chi connectivity index (χ2v) is 29.9. The first kappa shape index (κ1) is 52.2. The second kappa shape index (κ2) is 16.4. The number of esters is 3. The standard InChI is InChI=1S/C62H96O9/c1-51(2)42-18-24-59(10)44(54(42,5)22-20-46(51)64)16-14-38-40-34-52(3,26-30-61(40,49(67)69-12)32-28-57(38,59)8)37-71-48(66)53(4)27-31-62(50(68)70-13)33-29-58(9)39(41(62)35-53)15-17-45-55(6)23-21-47(65)56(7,36-63)43(55)19-25-60(45,58)11/h14-15,40-47,63-65H,16-37H2,1-13H3/t40-,41-,42-,43+,44+,45+,46-,47-,52+,53+,54-,55-,56+,57+,58+,59+,60+,61-,62-/m0/s1. The third-order valence-corrected chi connectivity index (χ3v) is 27.2. The number of hydrogen-bond donors (Lipinski definition) is 3. The van der Waals surface area contributed by atoms with E-state index in [1.165, 1.54) is 18.3 Å². The van der Waals surface area contributed by atoms with Crippen LogP contribution in [-0.2, 0) is 28.6 Å². The highest BCUT2D eigenvalue weighted by atomic mass is 16.5. The molecule has 0 heterocycles. The van der Waals surface area contributed by atoms with Crippen LogP contribution < -0.4 is 0 Å². The Morgan fingerprint density at radius 1 is 0.535 bits per heavy atom. The van der Waals surface area contributed by atoms with E-state index in [1.807, 2.05) is 0 Å². The molecule has 0 amide bonds. The average molecular weight is 985 g/mol. The molecular formula is C62H96O9. The highest BCUT2D eigenvalue weighted by Crippen LogP contribution is 2.78. The molecule has 398 valence electrons. The molecule has 10 rings (SSSR count). The molecule has 8 saturated carbocycles. The smallest absolute Gasteiger partial charge is 0.312 e. The van der Waals surface area contributed by atoms with Crippen molar-refractivity contribution in [1.29, 1.82) is 0 Å². The summed E-state index contributed by atoms with van der Waals surface area (Å²) >= 11 is 0. The maximum atomic E-state index is 15.1. The van der Waals surface area contributed by atoms with E-state index >= 15 is 4.79 Å². The van der Waals surface area contributed by atoms with E-state index in [2.05, 4.69) is 88.3 Å². The molecule has 71 heavy (non-hydrogen) atoms. The highest BCUT2D eigenvalue weighted by molar-refractivity contribution is 5.81. The Balaban J connectivity index is 0.915. The van der Waals surface area contributed by atoms with Crippen LogP contribution in [-0.4, -0.2) is 72.9 Å². The van der Waals surface area contributed by atoms with Gasteiger partial charge in [0, 0.05) is 10.8 Å². The molecular weight excluding hydrogens is 889 g/mol. The van der Waals surface area contributed by atoms with Crippen LogP contribution in [0.4, 0.5) is 0 Å². The van der Waals surface area contributed by atoms with E-state index in [4.69, 9.17) is 14.2 Å². The SMILES string of the molecule is COC(=O)[C@]12CC[C@@](C)(C(=O)OC[C@]3(C)CC[C@]4(C(=O)OC)CC[C@]5(C)C(=CC[C@@H]6[C@@]7(C)CC[C@H](O)C(C)(C)[C@@H]7CC[C@]65C)[C@@H]4C3)C[C@H]1C1=CC[C@@H]3[C@@]4(C)CC[C@H](O)[C@](C)(CO)[C@@H]4CC[C@@]3(C)[C@]1(C)CC2. The summed E-state index contributed by atoms with van der Waals surface area (Å²) in [5, 5.41) is 33.3. The Kier molecular flexibility index (Phi) is 12.1. The van der Waals surface area contributed by atoms with Gasteiger partial charge in [-0.15, -0.1) is 0 Å². The first-order valence-corrected chi connectivity index (χ1v) is 28.8. The summed E-state index contributed by atoms with van der Waals surface area (Å²) in [6.45, 7) is 26.5. The van der Waals surface area contributed by atoms with Gasteiger partial charge in [-0.3, -0.25) is 14.4 Å². The summed E-state index contributed by atoms with van der Waals surface area (Å²) in [5.74, 6) is 1.01. The Labute approximate surface area is 428 Å². The van der Waals surface area contributed by atoms with Gasteiger partial charge in [0.2, 0.25) is 0 Å². The third kappa shape index (κ3) is 6.60. The van der Waals surface area contributed by atoms with Crippen molar-refractivity contribution < 1.29 is 43.9 Å². The number of ether oxygens (including phenoxy) is 3. The van der Waals surface area contributed by atoms with Crippen molar-refractivity contribution in [3.05, 3.63) is 23.3 Å². The van der Waals surface area contributed by atoms with Crippen LogP contribution in [0.3, 0.4) is 0 Å². The number of allylic oxidation sites excluding steroid dienone is 4. The molecule has 10 aliphatic rings. The van der Waals surface area contributed by atoms with Gasteiger partial charge in [-0.2, -0.15) is 0 Å². The Bertz CT molecular complexity index is 2270. The van der Waals surface area contributed by atoms with Gasteiger partial charge >= 0.3 is 17.9 Å². The van der Waals surface area contributed by atoms with E-state index < -0.39 is 27.8 Å². The van der Waals surface area contributed by atoms with Crippen molar-refractivity contribution in [3.8, 4) is 0 Å². The van der Waals surface area contributed by atoms with Gasteiger partial charge in [0.25, 0.3) is 0 Å². The van der Waals surface area contributed by atoms with Crippen molar-refractivity contribution in [3.63, 3.8) is 0 Å². The number of rotatable bonds is 6. The predicted octanol–water partition coefficient (Wildman–Crippen LogP) is 12.1. The largest absolute Gasteiger partial charge is 0.469 e. The topological polar surface area (TPSA) is 140 Å². The highest BCUT2D eigenvalue weighted by Gasteiger charge is 2.72. The van der Waals surface area contributed by atoms with Crippen LogP contribution in [0.25, 0.3) is 0 Å². The van der Waals surface area contributed by atoms with E-state index in [1.54, 1.807) is 7.11 Å². The van der Waals surface area contributed by atoms with E-state index in [0.717, 1.165) is 96.3 Å². The maximum Gasteiger partial charge on any atom is 0.312 e. The Morgan fingerprint density at radius 2 is 1.00 bits per heavy atom. The van der Waals surface area contributed by atoms with E-state index in [9.17, 15) is 24.9 Å². The van der Waals surface area contributed by atoms with E-state index in [-0.39, 0.29) is 91.7 Å². The molecule has 9 nitrogen and oxygen atoms in total. The zero-order valence-electron chi connectivity index (χ0n) is 46.6. The molecule has 0 aromatic rings. The summed E-state index contributed by atoms with van der Waals surface area (Å²) in [7, 11) is 3.09. The predicted molar refractivity (Wildman–Crippen MR) is 275 cm³/mol. The monoisotopic (exact) mass is 985 g/mol. The first-order chi connectivity index (χ1) is 33.0. The van der Waals surface area contributed by atoms with Gasteiger partial charge < -0.3 is 29.5 Å². The molecule has 0 radical (unpaired) electrons. The van der Waals surface area contributed by atoms with Gasteiger partial charge in [0.05, 0.1) is 55.9 Å². The Hall–Kier alpha value is -2.23. The molecule has 9 heteroatoms. The molecule has 0 aromatic heterocycles. The van der Waals surface area contributed by atoms with Crippen LogP contribution in [0, 0.1) is 100 Å². The number of aliphatic hydroxyl groups is 3. The quantitative estimate of drug-likeness (QED) is 0.135. The van der Waals surface area contributed by atoms with Gasteiger partial charge in [0.15, 0.2) is 0 Å². The number of carbonyl (C=O) groups excluding carboxylic acids is 3. The zero-order chi connectivity index (χ0) is 51.6. The van der Waals surface area contributed by atoms with Crippen molar-refractivity contribution >= 4 is 17.9 Å². The third-order valence-electron chi connectivity index (χ3n) is 27.2. The van der Waals surface area contributed by atoms with Crippen LogP contribution in [0.1, 0.15) is 205 Å². The molecule has 0 aromatic carbocycles. The molecule has 19 atom stereocenters. The minimum absolute atomic E-state index is 0.00162. The van der Waals surface area contributed by atoms with Crippen LogP contribution in [0.2, 0.25) is 0 Å². The van der Waals surface area contributed by atoms with Crippen LogP contribution in [0.5, 0.6) is 0 Å². The maximum absolute atomic E-state index is 15.1. The number of hydrogen-bond acceptors (Lipinski definition) is 9. The molecule has 0 bridgehead atoms. The average Bonchev–Trinajstić information content (AvgIpc) is 3.33. The van der Waals surface area contributed by atoms with Gasteiger partial charge in [-0.1, -0.05) is 92.5 Å². The normalized spacial score (nSPS) is 53.7. The summed E-state index contributed by atoms with van der Waals surface area (Å²) in [6, 6.07) is 0. The van der Waals surface area contributed by atoms with Crippen molar-refractivity contribution in [2.75, 3.05) is 27.4 Å². The number of fused-ring (bicyclic) bond motifs is 14. The van der Waals surface area contributed by atoms with E-state index in [0.29, 0.717) is 56.5 Å². The van der Waals surface area contributed by atoms with Gasteiger partial charge in [0.1, 0.15) is 0 Å². The zero-order valence-corrected chi connectivity index (χ0v) is 46.6. The second-order valence-electron chi connectivity index (χ2n) is 29.9. The molecule has 10 aliphatic carbocycles. The minimum Gasteiger partial charge on any atom is -0.469 e.